The zero-order valence-corrected chi connectivity index (χ0v) is 18.0. The van der Waals surface area contributed by atoms with Crippen molar-refractivity contribution in [2.24, 2.45) is 0 Å². The molecule has 31 heavy (non-hydrogen) atoms. The quantitative estimate of drug-likeness (QED) is 0.543. The third-order valence-electron chi connectivity index (χ3n) is 4.58. The van der Waals surface area contributed by atoms with E-state index in [1.54, 1.807) is 36.4 Å². The molecule has 1 N–H and O–H groups in total. The molecule has 0 saturated heterocycles. The molecule has 6 nitrogen and oxygen atoms in total. The molecule has 1 unspecified atom stereocenters. The second-order valence-electron chi connectivity index (χ2n) is 6.97. The minimum absolute atomic E-state index is 0.0725. The monoisotopic (exact) mass is 445 g/mol. The summed E-state index contributed by atoms with van der Waals surface area (Å²) in [7, 11) is -2.46. The van der Waals surface area contributed by atoms with Gasteiger partial charge in [-0.25, -0.2) is 12.8 Å². The number of aryl methyl sites for hydroxylation is 1. The fraction of sp³-hybridized carbons (Fsp3) is 0.217. The summed E-state index contributed by atoms with van der Waals surface area (Å²) >= 11 is 0. The van der Waals surface area contributed by atoms with Crippen molar-refractivity contribution in [1.82, 2.24) is 0 Å². The molecule has 0 aliphatic carbocycles. The Morgan fingerprint density at radius 1 is 1.00 bits per heavy atom. The number of aliphatic hydroxyl groups excluding tert-OH is 1. The normalized spacial score (nSPS) is 12.3. The Kier molecular flexibility index (Phi) is 7.14. The summed E-state index contributed by atoms with van der Waals surface area (Å²) in [6.45, 7) is 1.44. The van der Waals surface area contributed by atoms with E-state index in [0.717, 1.165) is 9.87 Å². The van der Waals surface area contributed by atoms with Crippen LogP contribution in [0.5, 0.6) is 11.5 Å². The molecule has 0 aliphatic rings. The van der Waals surface area contributed by atoms with Crippen molar-refractivity contribution >= 4 is 15.7 Å². The molecule has 0 bridgehead atoms. The van der Waals surface area contributed by atoms with Crippen LogP contribution in [0.15, 0.2) is 77.7 Å². The van der Waals surface area contributed by atoms with Crippen LogP contribution in [-0.2, 0) is 10.0 Å². The van der Waals surface area contributed by atoms with Crippen LogP contribution < -0.4 is 13.8 Å². The number of hydrogen-bond donors (Lipinski definition) is 1. The summed E-state index contributed by atoms with van der Waals surface area (Å²) in [6.07, 6.45) is -1.14. The molecule has 3 aromatic carbocycles. The largest absolute Gasteiger partial charge is 0.497 e. The minimum Gasteiger partial charge on any atom is -0.497 e. The Balaban J connectivity index is 1.82. The van der Waals surface area contributed by atoms with Gasteiger partial charge in [-0.3, -0.25) is 4.31 Å². The van der Waals surface area contributed by atoms with Crippen LogP contribution in [0, 0.1) is 12.7 Å². The van der Waals surface area contributed by atoms with Crippen molar-refractivity contribution in [2.75, 3.05) is 24.6 Å². The van der Waals surface area contributed by atoms with Crippen LogP contribution >= 0.6 is 0 Å². The Hall–Kier alpha value is -3.10. The van der Waals surface area contributed by atoms with Gasteiger partial charge in [0.25, 0.3) is 10.0 Å². The van der Waals surface area contributed by atoms with Gasteiger partial charge in [0.1, 0.15) is 30.0 Å². The Morgan fingerprint density at radius 2 is 1.65 bits per heavy atom. The van der Waals surface area contributed by atoms with Gasteiger partial charge in [-0.1, -0.05) is 23.8 Å². The first-order valence-electron chi connectivity index (χ1n) is 9.59. The molecule has 3 rings (SSSR count). The highest BCUT2D eigenvalue weighted by atomic mass is 32.2. The highest BCUT2D eigenvalue weighted by Gasteiger charge is 2.27. The van der Waals surface area contributed by atoms with Gasteiger partial charge in [0, 0.05) is 6.07 Å². The van der Waals surface area contributed by atoms with Crippen molar-refractivity contribution < 1.29 is 27.4 Å². The molecule has 164 valence electrons. The topological polar surface area (TPSA) is 76.1 Å². The van der Waals surface area contributed by atoms with E-state index in [1.807, 2.05) is 6.92 Å². The molecule has 0 heterocycles. The van der Waals surface area contributed by atoms with Gasteiger partial charge in [-0.2, -0.15) is 0 Å². The number of benzene rings is 3. The van der Waals surface area contributed by atoms with Crippen LogP contribution in [0.1, 0.15) is 5.56 Å². The van der Waals surface area contributed by atoms with Crippen molar-refractivity contribution in [2.45, 2.75) is 17.9 Å². The van der Waals surface area contributed by atoms with Gasteiger partial charge in [-0.05, 0) is 55.5 Å². The lowest BCUT2D eigenvalue weighted by Crippen LogP contribution is -2.40. The first kappa shape index (κ1) is 22.6. The highest BCUT2D eigenvalue weighted by molar-refractivity contribution is 7.92. The molecule has 0 fully saturated rings. The molecule has 1 atom stereocenters. The SMILES string of the molecule is COc1cccc(OCC(O)CN(c2ccc(F)cc2)S(=O)(=O)c2ccc(C)cc2)c1. The number of nitrogens with zero attached hydrogens (tertiary/aromatic N) is 1. The molecule has 0 amide bonds. The lowest BCUT2D eigenvalue weighted by Gasteiger charge is -2.27. The Labute approximate surface area is 181 Å². The molecular formula is C23H24FNO5S. The number of ether oxygens (including phenoxy) is 2. The second kappa shape index (κ2) is 9.80. The fourth-order valence-electron chi connectivity index (χ4n) is 2.91. The van der Waals surface area contributed by atoms with E-state index in [1.165, 1.54) is 43.5 Å². The van der Waals surface area contributed by atoms with Crippen LogP contribution in [0.25, 0.3) is 0 Å². The predicted octanol–water partition coefficient (Wildman–Crippen LogP) is 3.78. The maximum atomic E-state index is 13.4. The highest BCUT2D eigenvalue weighted by Crippen LogP contribution is 2.25. The molecule has 0 radical (unpaired) electrons. The van der Waals surface area contributed by atoms with Crippen LogP contribution in [0.4, 0.5) is 10.1 Å². The Morgan fingerprint density at radius 3 is 2.29 bits per heavy atom. The molecule has 0 saturated carbocycles. The van der Waals surface area contributed by atoms with E-state index in [4.69, 9.17) is 9.47 Å². The lowest BCUT2D eigenvalue weighted by molar-refractivity contribution is 0.115. The smallest absolute Gasteiger partial charge is 0.264 e. The molecular weight excluding hydrogens is 421 g/mol. The van der Waals surface area contributed by atoms with Crippen LogP contribution in [0.3, 0.4) is 0 Å². The number of aliphatic hydroxyl groups is 1. The zero-order valence-electron chi connectivity index (χ0n) is 17.2. The van der Waals surface area contributed by atoms with Gasteiger partial charge < -0.3 is 14.6 Å². The Bertz CT molecular complexity index is 1100. The molecule has 3 aromatic rings. The van der Waals surface area contributed by atoms with Gasteiger partial charge in [0.15, 0.2) is 0 Å². The summed E-state index contributed by atoms with van der Waals surface area (Å²) in [5, 5.41) is 10.5. The number of anilines is 1. The van der Waals surface area contributed by atoms with Crippen molar-refractivity contribution in [3.8, 4) is 11.5 Å². The van der Waals surface area contributed by atoms with E-state index in [0.29, 0.717) is 11.5 Å². The first-order valence-corrected chi connectivity index (χ1v) is 11.0. The maximum Gasteiger partial charge on any atom is 0.264 e. The van der Waals surface area contributed by atoms with Crippen molar-refractivity contribution in [3.63, 3.8) is 0 Å². The van der Waals surface area contributed by atoms with Gasteiger partial charge in [0.2, 0.25) is 0 Å². The standard InChI is InChI=1S/C23H24FNO5S/c1-17-6-12-23(13-7-17)31(27,28)25(19-10-8-18(24)9-11-19)15-20(26)16-30-22-5-3-4-21(14-22)29-2/h3-14,20,26H,15-16H2,1-2H3. The van der Waals surface area contributed by atoms with E-state index in [2.05, 4.69) is 0 Å². The van der Waals surface area contributed by atoms with Gasteiger partial charge in [-0.15, -0.1) is 0 Å². The summed E-state index contributed by atoms with van der Waals surface area (Å²) < 4.78 is 51.7. The minimum atomic E-state index is -4.00. The molecule has 0 spiro atoms. The summed E-state index contributed by atoms with van der Waals surface area (Å²) in [4.78, 5) is 0.0725. The number of hydrogen-bond acceptors (Lipinski definition) is 5. The number of halogens is 1. The van der Waals surface area contributed by atoms with E-state index in [9.17, 15) is 17.9 Å². The summed E-state index contributed by atoms with van der Waals surface area (Å²) in [6, 6.07) is 18.3. The average molecular weight is 446 g/mol. The maximum absolute atomic E-state index is 13.4. The van der Waals surface area contributed by atoms with Gasteiger partial charge in [0.05, 0.1) is 24.2 Å². The summed E-state index contributed by atoms with van der Waals surface area (Å²) in [5.41, 5.74) is 1.15. The average Bonchev–Trinajstić information content (AvgIpc) is 2.77. The molecule has 0 aromatic heterocycles. The fourth-order valence-corrected chi connectivity index (χ4v) is 4.42. The third kappa shape index (κ3) is 5.74. The third-order valence-corrected chi connectivity index (χ3v) is 6.39. The molecule has 8 heteroatoms. The van der Waals surface area contributed by atoms with E-state index in [-0.39, 0.29) is 23.7 Å². The van der Waals surface area contributed by atoms with Gasteiger partial charge >= 0.3 is 0 Å². The van der Waals surface area contributed by atoms with Crippen molar-refractivity contribution in [1.29, 1.82) is 0 Å². The summed E-state index contributed by atoms with van der Waals surface area (Å²) in [5.74, 6) is 0.591. The van der Waals surface area contributed by atoms with Crippen molar-refractivity contribution in [3.05, 3.63) is 84.2 Å². The predicted molar refractivity (Wildman–Crippen MR) is 117 cm³/mol. The first-order chi connectivity index (χ1) is 14.8. The number of sulfonamides is 1. The second-order valence-corrected chi connectivity index (χ2v) is 8.83. The molecule has 0 aliphatic heterocycles. The van der Waals surface area contributed by atoms with Crippen LogP contribution in [0.2, 0.25) is 0 Å². The zero-order chi connectivity index (χ0) is 22.4. The number of rotatable bonds is 9. The van der Waals surface area contributed by atoms with Crippen LogP contribution in [-0.4, -0.2) is 39.9 Å². The number of methoxy groups -OCH3 is 1. The lowest BCUT2D eigenvalue weighted by atomic mass is 10.2. The van der Waals surface area contributed by atoms with E-state index < -0.39 is 21.9 Å². The van der Waals surface area contributed by atoms with E-state index >= 15 is 0 Å².